The third-order valence-electron chi connectivity index (χ3n) is 3.41. The van der Waals surface area contributed by atoms with Gasteiger partial charge in [-0.05, 0) is 12.1 Å². The van der Waals surface area contributed by atoms with Gasteiger partial charge < -0.3 is 4.42 Å². The van der Waals surface area contributed by atoms with Crippen LogP contribution in [-0.4, -0.2) is 10.9 Å². The molecule has 0 spiro atoms. The van der Waals surface area contributed by atoms with Crippen LogP contribution in [-0.2, 0) is 6.18 Å². The minimum atomic E-state index is -4.67. The zero-order valence-electron chi connectivity index (χ0n) is 13.0. The minimum absolute atomic E-state index is 0.0455. The smallest absolute Gasteiger partial charge is 0.433 e. The monoisotopic (exact) mass is 357 g/mol. The van der Waals surface area contributed by atoms with Gasteiger partial charge in [-0.2, -0.15) is 18.4 Å². The van der Waals surface area contributed by atoms with Crippen LogP contribution in [0.2, 0.25) is 0 Å². The van der Waals surface area contributed by atoms with Crippen LogP contribution in [0.15, 0.2) is 59.0 Å². The average molecular weight is 357 g/mol. The van der Waals surface area contributed by atoms with Crippen LogP contribution >= 0.6 is 0 Å². The highest BCUT2D eigenvalue weighted by atomic mass is 19.4. The number of anilines is 1. The number of rotatable bonds is 3. The number of aromatic nitrogens is 1. The molecule has 130 valence electrons. The number of pyridine rings is 1. The Kier molecular flexibility index (Phi) is 4.45. The van der Waals surface area contributed by atoms with E-state index in [0.29, 0.717) is 11.3 Å². The number of carbonyl (C=O) groups is 1. The summed E-state index contributed by atoms with van der Waals surface area (Å²) in [5.41, 5.74) is -0.901. The summed E-state index contributed by atoms with van der Waals surface area (Å²) in [7, 11) is 0. The van der Waals surface area contributed by atoms with Crippen LogP contribution < -0.4 is 5.32 Å². The highest BCUT2D eigenvalue weighted by Crippen LogP contribution is 2.30. The maximum absolute atomic E-state index is 12.7. The van der Waals surface area contributed by atoms with Gasteiger partial charge in [0.15, 0.2) is 0 Å². The molecule has 3 rings (SSSR count). The van der Waals surface area contributed by atoms with Crippen molar-refractivity contribution in [3.8, 4) is 17.4 Å². The molecule has 0 saturated carbocycles. The molecular weight excluding hydrogens is 347 g/mol. The van der Waals surface area contributed by atoms with Crippen molar-refractivity contribution >= 4 is 11.8 Å². The molecular formula is C18H10F3N3O2. The number of carbonyl (C=O) groups excluding carboxylic acids is 1. The second-order valence-electron chi connectivity index (χ2n) is 5.19. The standard InChI is InChI=1S/C18H10F3N3O2/c19-18(20,21)15-8-4-7-13(23-15)16(25)24-17-12(10-22)9-14(26-17)11-5-2-1-3-6-11/h1-9H,(H,24,25). The normalized spacial score (nSPS) is 11.0. The molecule has 2 heterocycles. The van der Waals surface area contributed by atoms with E-state index in [0.717, 1.165) is 18.2 Å². The van der Waals surface area contributed by atoms with Crippen LogP contribution in [0.1, 0.15) is 21.7 Å². The lowest BCUT2D eigenvalue weighted by Crippen LogP contribution is -2.17. The molecule has 8 heteroatoms. The van der Waals surface area contributed by atoms with E-state index in [1.54, 1.807) is 30.3 Å². The van der Waals surface area contributed by atoms with E-state index in [1.165, 1.54) is 6.07 Å². The van der Waals surface area contributed by atoms with Crippen molar-refractivity contribution in [2.45, 2.75) is 6.18 Å². The lowest BCUT2D eigenvalue weighted by atomic mass is 10.1. The van der Waals surface area contributed by atoms with Crippen LogP contribution in [0.25, 0.3) is 11.3 Å². The van der Waals surface area contributed by atoms with Crippen molar-refractivity contribution in [2.75, 3.05) is 5.32 Å². The molecule has 0 bridgehead atoms. The summed E-state index contributed by atoms with van der Waals surface area (Å²) < 4.78 is 43.6. The summed E-state index contributed by atoms with van der Waals surface area (Å²) in [6.45, 7) is 0. The zero-order chi connectivity index (χ0) is 18.7. The topological polar surface area (TPSA) is 78.9 Å². The van der Waals surface area contributed by atoms with Crippen molar-refractivity contribution in [3.63, 3.8) is 0 Å². The Morgan fingerprint density at radius 3 is 2.50 bits per heavy atom. The molecule has 1 amide bonds. The summed E-state index contributed by atoms with van der Waals surface area (Å²) in [6, 6.07) is 15.1. The molecule has 0 saturated heterocycles. The molecule has 0 radical (unpaired) electrons. The van der Waals surface area contributed by atoms with E-state index in [2.05, 4.69) is 10.3 Å². The van der Waals surface area contributed by atoms with Gasteiger partial charge in [0.2, 0.25) is 5.88 Å². The van der Waals surface area contributed by atoms with Crippen molar-refractivity contribution in [1.29, 1.82) is 5.26 Å². The molecule has 5 nitrogen and oxygen atoms in total. The molecule has 0 aliphatic heterocycles. The van der Waals surface area contributed by atoms with Crippen molar-refractivity contribution in [3.05, 3.63) is 71.5 Å². The zero-order valence-corrected chi connectivity index (χ0v) is 13.0. The maximum atomic E-state index is 12.7. The molecule has 3 aromatic rings. The van der Waals surface area contributed by atoms with E-state index in [9.17, 15) is 23.2 Å². The van der Waals surface area contributed by atoms with Gasteiger partial charge in [0, 0.05) is 11.6 Å². The fourth-order valence-corrected chi connectivity index (χ4v) is 2.20. The van der Waals surface area contributed by atoms with E-state index >= 15 is 0 Å². The Morgan fingerprint density at radius 2 is 1.85 bits per heavy atom. The van der Waals surface area contributed by atoms with Gasteiger partial charge in [-0.15, -0.1) is 0 Å². The first-order valence-corrected chi connectivity index (χ1v) is 7.33. The molecule has 1 N–H and O–H groups in total. The van der Waals surface area contributed by atoms with E-state index in [4.69, 9.17) is 4.42 Å². The van der Waals surface area contributed by atoms with Gasteiger partial charge in [-0.1, -0.05) is 36.4 Å². The summed E-state index contributed by atoms with van der Waals surface area (Å²) in [4.78, 5) is 15.5. The predicted molar refractivity (Wildman–Crippen MR) is 86.1 cm³/mol. The number of furan rings is 1. The Labute approximate surface area is 145 Å². The largest absolute Gasteiger partial charge is 0.439 e. The number of nitrogens with one attached hydrogen (secondary N) is 1. The fourth-order valence-electron chi connectivity index (χ4n) is 2.20. The van der Waals surface area contributed by atoms with E-state index < -0.39 is 23.5 Å². The Balaban J connectivity index is 1.89. The summed E-state index contributed by atoms with van der Waals surface area (Å²) in [5.74, 6) is -0.730. The number of hydrogen-bond acceptors (Lipinski definition) is 4. The number of nitriles is 1. The van der Waals surface area contributed by atoms with Gasteiger partial charge in [-0.3, -0.25) is 10.1 Å². The molecule has 1 aromatic carbocycles. The number of amides is 1. The minimum Gasteiger partial charge on any atom is -0.439 e. The summed E-state index contributed by atoms with van der Waals surface area (Å²) in [5, 5.41) is 11.5. The summed E-state index contributed by atoms with van der Waals surface area (Å²) in [6.07, 6.45) is -4.67. The van der Waals surface area contributed by atoms with Gasteiger partial charge in [0.1, 0.15) is 28.8 Å². The third kappa shape index (κ3) is 3.57. The van der Waals surface area contributed by atoms with Gasteiger partial charge in [0.05, 0.1) is 0 Å². The number of halogens is 3. The average Bonchev–Trinajstić information content (AvgIpc) is 3.04. The van der Waals surface area contributed by atoms with E-state index in [-0.39, 0.29) is 11.4 Å². The third-order valence-corrected chi connectivity index (χ3v) is 3.41. The first-order valence-electron chi connectivity index (χ1n) is 7.33. The van der Waals surface area contributed by atoms with Crippen molar-refractivity contribution < 1.29 is 22.4 Å². The molecule has 0 atom stereocenters. The molecule has 0 aliphatic rings. The number of alkyl halides is 3. The highest BCUT2D eigenvalue weighted by molar-refractivity contribution is 6.02. The number of hydrogen-bond donors (Lipinski definition) is 1. The van der Waals surface area contributed by atoms with Crippen LogP contribution in [0.3, 0.4) is 0 Å². The van der Waals surface area contributed by atoms with Crippen LogP contribution in [0.4, 0.5) is 19.1 Å². The SMILES string of the molecule is N#Cc1cc(-c2ccccc2)oc1NC(=O)c1cccc(C(F)(F)F)n1. The first-order chi connectivity index (χ1) is 12.4. The quantitative estimate of drug-likeness (QED) is 0.749. The van der Waals surface area contributed by atoms with Gasteiger partial charge >= 0.3 is 6.18 Å². The van der Waals surface area contributed by atoms with Crippen LogP contribution in [0, 0.1) is 11.3 Å². The van der Waals surface area contributed by atoms with Crippen LogP contribution in [0.5, 0.6) is 0 Å². The second-order valence-corrected chi connectivity index (χ2v) is 5.19. The molecule has 0 unspecified atom stereocenters. The van der Waals surface area contributed by atoms with Gasteiger partial charge in [0.25, 0.3) is 5.91 Å². The lowest BCUT2D eigenvalue weighted by Gasteiger charge is -2.07. The Hall–Kier alpha value is -3.60. The number of benzene rings is 1. The van der Waals surface area contributed by atoms with Crippen molar-refractivity contribution in [2.24, 2.45) is 0 Å². The lowest BCUT2D eigenvalue weighted by molar-refractivity contribution is -0.141. The Bertz CT molecular complexity index is 989. The summed E-state index contributed by atoms with van der Waals surface area (Å²) >= 11 is 0. The van der Waals surface area contributed by atoms with Crippen molar-refractivity contribution in [1.82, 2.24) is 4.98 Å². The highest BCUT2D eigenvalue weighted by Gasteiger charge is 2.33. The molecule has 0 fully saturated rings. The molecule has 0 aliphatic carbocycles. The molecule has 26 heavy (non-hydrogen) atoms. The fraction of sp³-hybridized carbons (Fsp3) is 0.0556. The predicted octanol–water partition coefficient (Wildman–Crippen LogP) is 4.48. The van der Waals surface area contributed by atoms with Gasteiger partial charge in [-0.25, -0.2) is 4.98 Å². The molecule has 2 aromatic heterocycles. The number of nitrogens with zero attached hydrogens (tertiary/aromatic N) is 2. The van der Waals surface area contributed by atoms with E-state index in [1.807, 2.05) is 6.07 Å². The first kappa shape index (κ1) is 17.2. The maximum Gasteiger partial charge on any atom is 0.433 e. The Morgan fingerprint density at radius 1 is 1.12 bits per heavy atom. The second kappa shape index (κ2) is 6.72.